The average Bonchev–Trinajstić information content (AvgIpc) is 2.59. The Morgan fingerprint density at radius 2 is 1.68 bits per heavy atom. The Bertz CT molecular complexity index is 576. The van der Waals surface area contributed by atoms with Crippen molar-refractivity contribution in [2.45, 2.75) is 44.9 Å². The van der Waals surface area contributed by atoms with Gasteiger partial charge in [0.2, 0.25) is 0 Å². The number of ether oxygens (including phenoxy) is 1. The minimum absolute atomic E-state index is 0.0771. The van der Waals surface area contributed by atoms with E-state index in [0.717, 1.165) is 38.5 Å². The summed E-state index contributed by atoms with van der Waals surface area (Å²) in [6, 6.07) is 5.52. The molecule has 4 nitrogen and oxygen atoms in total. The SMILES string of the molecule is O=C(O)CCCCCCCC=CC=CC(=O)COc1ccc(F)cc1. The minimum atomic E-state index is -0.729. The van der Waals surface area contributed by atoms with Gasteiger partial charge in [-0.05, 0) is 49.6 Å². The predicted molar refractivity (Wildman–Crippen MR) is 95.1 cm³/mol. The van der Waals surface area contributed by atoms with Crippen LogP contribution in [0.2, 0.25) is 0 Å². The number of carboxylic acid groups (broad SMARTS) is 1. The first-order chi connectivity index (χ1) is 12.1. The molecular formula is C20H25FO4. The summed E-state index contributed by atoms with van der Waals surface area (Å²) >= 11 is 0. The maximum absolute atomic E-state index is 12.7. The zero-order chi connectivity index (χ0) is 18.3. The number of rotatable bonds is 13. The molecule has 136 valence electrons. The molecule has 25 heavy (non-hydrogen) atoms. The number of carbonyl (C=O) groups excluding carboxylic acids is 1. The van der Waals surface area contributed by atoms with Crippen molar-refractivity contribution in [2.24, 2.45) is 0 Å². The zero-order valence-electron chi connectivity index (χ0n) is 14.3. The van der Waals surface area contributed by atoms with Gasteiger partial charge in [-0.2, -0.15) is 0 Å². The Morgan fingerprint density at radius 1 is 1.00 bits per heavy atom. The fourth-order valence-corrected chi connectivity index (χ4v) is 2.14. The van der Waals surface area contributed by atoms with Gasteiger partial charge in [0.1, 0.15) is 11.6 Å². The second kappa shape index (κ2) is 12.9. The van der Waals surface area contributed by atoms with Crippen molar-refractivity contribution in [2.75, 3.05) is 6.61 Å². The van der Waals surface area contributed by atoms with Crippen molar-refractivity contribution in [3.8, 4) is 5.75 Å². The number of halogens is 1. The second-order valence-corrected chi connectivity index (χ2v) is 5.70. The number of allylic oxidation sites excluding steroid dienone is 3. The minimum Gasteiger partial charge on any atom is -0.485 e. The maximum Gasteiger partial charge on any atom is 0.303 e. The summed E-state index contributed by atoms with van der Waals surface area (Å²) in [5, 5.41) is 8.52. The molecule has 0 fully saturated rings. The van der Waals surface area contributed by atoms with E-state index in [4.69, 9.17) is 9.84 Å². The highest BCUT2D eigenvalue weighted by atomic mass is 19.1. The molecule has 0 saturated carbocycles. The van der Waals surface area contributed by atoms with Crippen LogP contribution in [0.25, 0.3) is 0 Å². The second-order valence-electron chi connectivity index (χ2n) is 5.70. The summed E-state index contributed by atoms with van der Waals surface area (Å²) in [4.78, 5) is 22.0. The molecule has 0 amide bonds. The van der Waals surface area contributed by atoms with E-state index in [1.807, 2.05) is 12.2 Å². The molecule has 0 bridgehead atoms. The summed E-state index contributed by atoms with van der Waals surface area (Å²) in [5.74, 6) is -0.772. The quantitative estimate of drug-likeness (QED) is 0.319. The van der Waals surface area contributed by atoms with E-state index in [-0.39, 0.29) is 24.6 Å². The lowest BCUT2D eigenvalue weighted by atomic mass is 10.1. The van der Waals surface area contributed by atoms with Crippen molar-refractivity contribution in [3.63, 3.8) is 0 Å². The molecule has 5 heteroatoms. The Labute approximate surface area is 148 Å². The molecule has 1 N–H and O–H groups in total. The Kier molecular flexibility index (Phi) is 10.7. The van der Waals surface area contributed by atoms with Crippen molar-refractivity contribution >= 4 is 11.8 Å². The van der Waals surface area contributed by atoms with Gasteiger partial charge < -0.3 is 9.84 Å². The van der Waals surface area contributed by atoms with Gasteiger partial charge in [0.25, 0.3) is 0 Å². The number of hydrogen-bond donors (Lipinski definition) is 1. The molecule has 0 radical (unpaired) electrons. The van der Waals surface area contributed by atoms with Gasteiger partial charge in [0, 0.05) is 6.42 Å². The van der Waals surface area contributed by atoms with Crippen LogP contribution in [0.3, 0.4) is 0 Å². The smallest absolute Gasteiger partial charge is 0.303 e. The molecule has 0 spiro atoms. The molecule has 0 aliphatic heterocycles. The largest absolute Gasteiger partial charge is 0.485 e. The van der Waals surface area contributed by atoms with Crippen LogP contribution in [0, 0.1) is 5.82 Å². The standard InChI is InChI=1S/C20H25FO4/c21-17-12-14-19(15-13-17)25-16-18(22)10-8-6-4-2-1-3-5-7-9-11-20(23)24/h4,6,8,10,12-15H,1-3,5,7,9,11,16H2,(H,23,24). The molecule has 0 unspecified atom stereocenters. The topological polar surface area (TPSA) is 63.6 Å². The molecule has 0 heterocycles. The van der Waals surface area contributed by atoms with Crippen molar-refractivity contribution in [1.29, 1.82) is 0 Å². The Morgan fingerprint density at radius 3 is 2.40 bits per heavy atom. The van der Waals surface area contributed by atoms with Crippen LogP contribution < -0.4 is 4.74 Å². The number of ketones is 1. The summed E-state index contributed by atoms with van der Waals surface area (Å²) in [6.07, 6.45) is 13.0. The van der Waals surface area contributed by atoms with Crippen molar-refractivity contribution < 1.29 is 23.8 Å². The van der Waals surface area contributed by atoms with Crippen LogP contribution in [-0.4, -0.2) is 23.5 Å². The third-order valence-corrected chi connectivity index (χ3v) is 3.49. The highest BCUT2D eigenvalue weighted by Gasteiger charge is 1.99. The average molecular weight is 348 g/mol. The van der Waals surface area contributed by atoms with Gasteiger partial charge >= 0.3 is 5.97 Å². The van der Waals surface area contributed by atoms with Crippen LogP contribution in [0.5, 0.6) is 5.75 Å². The maximum atomic E-state index is 12.7. The Hall–Kier alpha value is -2.43. The van der Waals surface area contributed by atoms with Crippen LogP contribution in [0.1, 0.15) is 44.9 Å². The molecule has 1 aromatic rings. The molecule has 1 rings (SSSR count). The Balaban J connectivity index is 2.03. The summed E-state index contributed by atoms with van der Waals surface area (Å²) in [5.41, 5.74) is 0. The number of unbranched alkanes of at least 4 members (excludes halogenated alkanes) is 5. The summed E-state index contributed by atoms with van der Waals surface area (Å²) < 4.78 is 18.0. The molecule has 0 atom stereocenters. The van der Waals surface area contributed by atoms with E-state index in [9.17, 15) is 14.0 Å². The van der Waals surface area contributed by atoms with Crippen LogP contribution in [-0.2, 0) is 9.59 Å². The summed E-state index contributed by atoms with van der Waals surface area (Å²) in [7, 11) is 0. The molecule has 0 aliphatic rings. The predicted octanol–water partition coefficient (Wildman–Crippen LogP) is 4.70. The number of hydrogen-bond acceptors (Lipinski definition) is 3. The van der Waals surface area contributed by atoms with E-state index in [1.165, 1.54) is 30.3 Å². The molecule has 0 aliphatic carbocycles. The number of aliphatic carboxylic acids is 1. The number of carboxylic acids is 1. The van der Waals surface area contributed by atoms with Gasteiger partial charge in [-0.1, -0.05) is 37.5 Å². The van der Waals surface area contributed by atoms with Crippen LogP contribution in [0.4, 0.5) is 4.39 Å². The molecule has 0 aromatic heterocycles. The van der Waals surface area contributed by atoms with E-state index in [2.05, 4.69) is 0 Å². The van der Waals surface area contributed by atoms with Gasteiger partial charge in [-0.3, -0.25) is 9.59 Å². The normalized spacial score (nSPS) is 11.2. The third-order valence-electron chi connectivity index (χ3n) is 3.49. The molecule has 0 saturated heterocycles. The van der Waals surface area contributed by atoms with Crippen LogP contribution >= 0.6 is 0 Å². The molecule has 1 aromatic carbocycles. The van der Waals surface area contributed by atoms with E-state index in [0.29, 0.717) is 5.75 Å². The van der Waals surface area contributed by atoms with Gasteiger partial charge in [0.05, 0.1) is 0 Å². The fraction of sp³-hybridized carbons (Fsp3) is 0.400. The first-order valence-corrected chi connectivity index (χ1v) is 8.54. The monoisotopic (exact) mass is 348 g/mol. The van der Waals surface area contributed by atoms with E-state index in [1.54, 1.807) is 6.08 Å². The van der Waals surface area contributed by atoms with E-state index >= 15 is 0 Å². The lowest BCUT2D eigenvalue weighted by Gasteiger charge is -2.02. The third kappa shape index (κ3) is 11.7. The highest BCUT2D eigenvalue weighted by molar-refractivity contribution is 5.91. The van der Waals surface area contributed by atoms with Gasteiger partial charge in [0.15, 0.2) is 12.4 Å². The summed E-state index contributed by atoms with van der Waals surface area (Å²) in [6.45, 7) is -0.0771. The fourth-order valence-electron chi connectivity index (χ4n) is 2.14. The number of benzene rings is 1. The lowest BCUT2D eigenvalue weighted by Crippen LogP contribution is -2.07. The lowest BCUT2D eigenvalue weighted by molar-refractivity contribution is -0.137. The van der Waals surface area contributed by atoms with Crippen molar-refractivity contribution in [3.05, 3.63) is 54.4 Å². The van der Waals surface area contributed by atoms with Gasteiger partial charge in [-0.25, -0.2) is 4.39 Å². The zero-order valence-corrected chi connectivity index (χ0v) is 14.3. The number of carbonyl (C=O) groups is 2. The first-order valence-electron chi connectivity index (χ1n) is 8.54. The molecular weight excluding hydrogens is 323 g/mol. The van der Waals surface area contributed by atoms with Crippen molar-refractivity contribution in [1.82, 2.24) is 0 Å². The van der Waals surface area contributed by atoms with Crippen LogP contribution in [0.15, 0.2) is 48.6 Å². The highest BCUT2D eigenvalue weighted by Crippen LogP contribution is 2.11. The first kappa shape index (κ1) is 20.6. The van der Waals surface area contributed by atoms with E-state index < -0.39 is 5.97 Å². The van der Waals surface area contributed by atoms with Gasteiger partial charge in [-0.15, -0.1) is 0 Å².